The van der Waals surface area contributed by atoms with E-state index in [0.717, 1.165) is 24.0 Å². The smallest absolute Gasteiger partial charge is 0.0495 e. The highest BCUT2D eigenvalue weighted by atomic mass is 79.9. The Morgan fingerprint density at radius 3 is 3.00 bits per heavy atom. The molecule has 2 fully saturated rings. The zero-order valence-corrected chi connectivity index (χ0v) is 10.3. The standard InChI is InChI=1S/C11H20BrNO/c12-11-2-1-5-13(8-11)6-3-10-4-7-14-9-10/h10-11H,1-9H2. The van der Waals surface area contributed by atoms with Gasteiger partial charge in [0, 0.05) is 24.6 Å². The van der Waals surface area contributed by atoms with Gasteiger partial charge in [-0.3, -0.25) is 0 Å². The van der Waals surface area contributed by atoms with Crippen LogP contribution in [0, 0.1) is 5.92 Å². The van der Waals surface area contributed by atoms with Gasteiger partial charge in [-0.05, 0) is 44.7 Å². The van der Waals surface area contributed by atoms with Crippen molar-refractivity contribution in [2.45, 2.75) is 30.5 Å². The maximum Gasteiger partial charge on any atom is 0.0495 e. The summed E-state index contributed by atoms with van der Waals surface area (Å²) in [5.74, 6) is 0.839. The number of halogens is 1. The molecule has 0 aromatic heterocycles. The van der Waals surface area contributed by atoms with Crippen molar-refractivity contribution < 1.29 is 4.74 Å². The normalized spacial score (nSPS) is 34.9. The monoisotopic (exact) mass is 261 g/mol. The van der Waals surface area contributed by atoms with E-state index in [1.807, 2.05) is 0 Å². The second-order valence-corrected chi connectivity index (χ2v) is 5.85. The van der Waals surface area contributed by atoms with E-state index in [2.05, 4.69) is 20.8 Å². The van der Waals surface area contributed by atoms with Crippen LogP contribution in [-0.4, -0.2) is 42.6 Å². The van der Waals surface area contributed by atoms with Crippen LogP contribution in [0.5, 0.6) is 0 Å². The number of hydrogen-bond acceptors (Lipinski definition) is 2. The number of rotatable bonds is 3. The van der Waals surface area contributed by atoms with Crippen LogP contribution in [0.4, 0.5) is 0 Å². The predicted octanol–water partition coefficient (Wildman–Crippen LogP) is 2.27. The first-order valence-electron chi connectivity index (χ1n) is 5.79. The van der Waals surface area contributed by atoms with Crippen molar-refractivity contribution in [3.8, 4) is 0 Å². The van der Waals surface area contributed by atoms with Gasteiger partial charge in [0.05, 0.1) is 0 Å². The van der Waals surface area contributed by atoms with Gasteiger partial charge in [0.15, 0.2) is 0 Å². The molecule has 14 heavy (non-hydrogen) atoms. The molecule has 0 spiro atoms. The molecule has 0 aromatic carbocycles. The zero-order valence-electron chi connectivity index (χ0n) is 8.75. The van der Waals surface area contributed by atoms with E-state index in [1.165, 1.54) is 45.3 Å². The molecular formula is C11H20BrNO. The summed E-state index contributed by atoms with van der Waals surface area (Å²) in [6.45, 7) is 5.82. The summed E-state index contributed by atoms with van der Waals surface area (Å²) in [6, 6.07) is 0. The number of hydrogen-bond donors (Lipinski definition) is 0. The van der Waals surface area contributed by atoms with Crippen LogP contribution in [0.2, 0.25) is 0 Å². The molecule has 2 aliphatic heterocycles. The van der Waals surface area contributed by atoms with Crippen LogP contribution in [-0.2, 0) is 4.74 Å². The molecule has 2 rings (SSSR count). The Morgan fingerprint density at radius 1 is 1.36 bits per heavy atom. The van der Waals surface area contributed by atoms with Crippen LogP contribution < -0.4 is 0 Å². The molecule has 0 aliphatic carbocycles. The summed E-state index contributed by atoms with van der Waals surface area (Å²) < 4.78 is 5.39. The van der Waals surface area contributed by atoms with Crippen LogP contribution in [0.25, 0.3) is 0 Å². The third-order valence-corrected chi connectivity index (χ3v) is 4.07. The fraction of sp³-hybridized carbons (Fsp3) is 1.00. The van der Waals surface area contributed by atoms with E-state index < -0.39 is 0 Å². The minimum absolute atomic E-state index is 0.732. The molecule has 82 valence electrons. The molecule has 0 aromatic rings. The van der Waals surface area contributed by atoms with Gasteiger partial charge in [0.2, 0.25) is 0 Å². The molecule has 0 N–H and O–H groups in total. The fourth-order valence-corrected chi connectivity index (χ4v) is 3.11. The van der Waals surface area contributed by atoms with Gasteiger partial charge < -0.3 is 9.64 Å². The van der Waals surface area contributed by atoms with E-state index in [0.29, 0.717) is 0 Å². The Hall–Kier alpha value is 0.400. The van der Waals surface area contributed by atoms with Crippen molar-refractivity contribution in [3.63, 3.8) is 0 Å². The Balaban J connectivity index is 1.64. The van der Waals surface area contributed by atoms with Gasteiger partial charge in [-0.25, -0.2) is 0 Å². The molecule has 2 atom stereocenters. The summed E-state index contributed by atoms with van der Waals surface area (Å²) >= 11 is 3.72. The average molecular weight is 262 g/mol. The average Bonchev–Trinajstić information content (AvgIpc) is 2.67. The molecule has 2 nitrogen and oxygen atoms in total. The molecule has 0 amide bonds. The SMILES string of the molecule is BrC1CCCN(CCC2CCOC2)C1. The number of piperidine rings is 1. The number of ether oxygens (including phenoxy) is 1. The lowest BCUT2D eigenvalue weighted by molar-refractivity contribution is 0.174. The van der Waals surface area contributed by atoms with E-state index >= 15 is 0 Å². The van der Waals surface area contributed by atoms with Gasteiger partial charge in [0.25, 0.3) is 0 Å². The zero-order chi connectivity index (χ0) is 9.80. The highest BCUT2D eigenvalue weighted by Gasteiger charge is 2.20. The first-order valence-corrected chi connectivity index (χ1v) is 6.70. The van der Waals surface area contributed by atoms with E-state index in [-0.39, 0.29) is 0 Å². The topological polar surface area (TPSA) is 12.5 Å². The van der Waals surface area contributed by atoms with Crippen LogP contribution in [0.3, 0.4) is 0 Å². The second kappa shape index (κ2) is 5.47. The number of likely N-dealkylation sites (tertiary alicyclic amines) is 1. The van der Waals surface area contributed by atoms with E-state index in [9.17, 15) is 0 Å². The number of alkyl halides is 1. The second-order valence-electron chi connectivity index (χ2n) is 4.56. The molecule has 2 heterocycles. The Kier molecular flexibility index (Phi) is 4.26. The highest BCUT2D eigenvalue weighted by molar-refractivity contribution is 9.09. The third-order valence-electron chi connectivity index (χ3n) is 3.33. The van der Waals surface area contributed by atoms with Crippen molar-refractivity contribution >= 4 is 15.9 Å². The Morgan fingerprint density at radius 2 is 2.29 bits per heavy atom. The summed E-state index contributed by atoms with van der Waals surface area (Å²) in [5.41, 5.74) is 0. The minimum Gasteiger partial charge on any atom is -0.381 e. The summed E-state index contributed by atoms with van der Waals surface area (Å²) in [6.07, 6.45) is 5.32. The molecule has 0 saturated carbocycles. The molecule has 2 unspecified atom stereocenters. The molecule has 3 heteroatoms. The predicted molar refractivity (Wildman–Crippen MR) is 61.9 cm³/mol. The molecule has 0 bridgehead atoms. The van der Waals surface area contributed by atoms with Gasteiger partial charge in [-0.1, -0.05) is 15.9 Å². The first kappa shape index (κ1) is 10.9. The molecule has 0 radical (unpaired) electrons. The minimum atomic E-state index is 0.732. The highest BCUT2D eigenvalue weighted by Crippen LogP contribution is 2.20. The van der Waals surface area contributed by atoms with Crippen molar-refractivity contribution in [2.24, 2.45) is 5.92 Å². The van der Waals surface area contributed by atoms with Gasteiger partial charge in [0.1, 0.15) is 0 Å². The van der Waals surface area contributed by atoms with Gasteiger partial charge in [-0.15, -0.1) is 0 Å². The fourth-order valence-electron chi connectivity index (χ4n) is 2.38. The van der Waals surface area contributed by atoms with Crippen LogP contribution >= 0.6 is 15.9 Å². The molecule has 2 saturated heterocycles. The van der Waals surface area contributed by atoms with E-state index in [1.54, 1.807) is 0 Å². The van der Waals surface area contributed by atoms with Crippen molar-refractivity contribution in [2.75, 3.05) is 32.8 Å². The molecular weight excluding hydrogens is 242 g/mol. The van der Waals surface area contributed by atoms with Crippen LogP contribution in [0.15, 0.2) is 0 Å². The Labute approximate surface area is 95.1 Å². The first-order chi connectivity index (χ1) is 6.84. The van der Waals surface area contributed by atoms with Crippen LogP contribution in [0.1, 0.15) is 25.7 Å². The Bertz CT molecular complexity index is 171. The lowest BCUT2D eigenvalue weighted by Gasteiger charge is -2.30. The summed E-state index contributed by atoms with van der Waals surface area (Å²) in [4.78, 5) is 3.33. The number of nitrogens with zero attached hydrogens (tertiary/aromatic N) is 1. The van der Waals surface area contributed by atoms with Gasteiger partial charge in [-0.2, -0.15) is 0 Å². The van der Waals surface area contributed by atoms with E-state index in [4.69, 9.17) is 4.74 Å². The quantitative estimate of drug-likeness (QED) is 0.723. The molecule has 2 aliphatic rings. The van der Waals surface area contributed by atoms with Crippen molar-refractivity contribution in [1.82, 2.24) is 4.90 Å². The maximum absolute atomic E-state index is 5.39. The maximum atomic E-state index is 5.39. The van der Waals surface area contributed by atoms with Gasteiger partial charge >= 0.3 is 0 Å². The lowest BCUT2D eigenvalue weighted by Crippen LogP contribution is -2.37. The summed E-state index contributed by atoms with van der Waals surface area (Å²) in [5, 5.41) is 0. The van der Waals surface area contributed by atoms with Crippen molar-refractivity contribution in [3.05, 3.63) is 0 Å². The third kappa shape index (κ3) is 3.21. The summed E-state index contributed by atoms with van der Waals surface area (Å²) in [7, 11) is 0. The largest absolute Gasteiger partial charge is 0.381 e. The lowest BCUT2D eigenvalue weighted by atomic mass is 10.0. The van der Waals surface area contributed by atoms with Crippen molar-refractivity contribution in [1.29, 1.82) is 0 Å².